The summed E-state index contributed by atoms with van der Waals surface area (Å²) in [6.45, 7) is 0. The Labute approximate surface area is 75.3 Å². The molecule has 0 saturated heterocycles. The van der Waals surface area contributed by atoms with E-state index in [-0.39, 0.29) is 16.3 Å². The van der Waals surface area contributed by atoms with Gasteiger partial charge in [0, 0.05) is 5.56 Å². The molecule has 0 fully saturated rings. The van der Waals surface area contributed by atoms with E-state index in [9.17, 15) is 4.79 Å². The van der Waals surface area contributed by atoms with Crippen molar-refractivity contribution in [2.45, 2.75) is 0 Å². The summed E-state index contributed by atoms with van der Waals surface area (Å²) in [5, 5.41) is 0. The lowest BCUT2D eigenvalue weighted by atomic mass is 10.2. The molecule has 1 unspecified atom stereocenters. The van der Waals surface area contributed by atoms with Crippen LogP contribution >= 0.6 is 10.5 Å². The van der Waals surface area contributed by atoms with Gasteiger partial charge in [0.1, 0.15) is 0 Å². The molecule has 1 aromatic rings. The van der Waals surface area contributed by atoms with Gasteiger partial charge in [0.2, 0.25) is 0 Å². The molecule has 1 nitrogen and oxygen atoms in total. The number of carbonyl (C=O) groups excluding carboxylic acids is 1. The Morgan fingerprint density at radius 3 is 2.50 bits per heavy atom. The lowest BCUT2D eigenvalue weighted by Gasteiger charge is -1.99. The molecule has 1 rings (SSSR count). The molecule has 0 amide bonds. The molecule has 0 bridgehead atoms. The van der Waals surface area contributed by atoms with Crippen molar-refractivity contribution in [1.29, 1.82) is 0 Å². The van der Waals surface area contributed by atoms with E-state index < -0.39 is 0 Å². The van der Waals surface area contributed by atoms with E-state index in [0.29, 0.717) is 5.75 Å². The topological polar surface area (TPSA) is 17.1 Å². The van der Waals surface area contributed by atoms with E-state index in [1.54, 1.807) is 0 Å². The van der Waals surface area contributed by atoms with Crippen LogP contribution in [0.1, 0.15) is 10.4 Å². The third-order valence-electron chi connectivity index (χ3n) is 1.47. The number of Topliss-reactive ketones (excluding diaryl/α,β-unsaturated/α-hetero) is 1. The molecule has 0 aliphatic heterocycles. The molecule has 1 atom stereocenters. The molecule has 0 aromatic heterocycles. The van der Waals surface area contributed by atoms with Gasteiger partial charge in [-0.25, -0.2) is 0 Å². The first-order chi connectivity index (χ1) is 5.70. The van der Waals surface area contributed by atoms with Crippen LogP contribution in [0.15, 0.2) is 30.3 Å². The standard InChI is InChI=1S/C10H12OS/c1-12(2)8-10(11)9-6-4-3-5-7-9/h3-7H,1,8H2,2H3. The summed E-state index contributed by atoms with van der Waals surface area (Å²) in [6.07, 6.45) is 1.97. The number of rotatable bonds is 3. The minimum Gasteiger partial charge on any atom is -0.293 e. The number of carbonyl (C=O) groups is 1. The molecule has 0 aliphatic rings. The summed E-state index contributed by atoms with van der Waals surface area (Å²) in [5.41, 5.74) is 0.792. The van der Waals surface area contributed by atoms with Gasteiger partial charge in [0.25, 0.3) is 0 Å². The van der Waals surface area contributed by atoms with Gasteiger partial charge < -0.3 is 0 Å². The van der Waals surface area contributed by atoms with E-state index in [4.69, 9.17) is 0 Å². The molecule has 0 radical (unpaired) electrons. The fourth-order valence-electron chi connectivity index (χ4n) is 0.931. The molecular formula is C10H12OS. The molecular weight excluding hydrogens is 168 g/mol. The van der Waals surface area contributed by atoms with Crippen molar-refractivity contribution in [2.75, 3.05) is 12.0 Å². The Morgan fingerprint density at radius 2 is 2.00 bits per heavy atom. The third kappa shape index (κ3) is 2.62. The van der Waals surface area contributed by atoms with E-state index in [1.165, 1.54) is 0 Å². The Balaban J connectivity index is 2.73. The van der Waals surface area contributed by atoms with Gasteiger partial charge in [-0.1, -0.05) is 36.2 Å². The van der Waals surface area contributed by atoms with Gasteiger partial charge in [-0.2, -0.15) is 10.5 Å². The highest BCUT2D eigenvalue weighted by molar-refractivity contribution is 8.14. The van der Waals surface area contributed by atoms with Gasteiger partial charge in [-0.05, 0) is 6.26 Å². The molecule has 0 N–H and O–H groups in total. The predicted molar refractivity (Wildman–Crippen MR) is 56.3 cm³/mol. The molecule has 2 heteroatoms. The summed E-state index contributed by atoms with van der Waals surface area (Å²) in [7, 11) is -0.0457. The maximum atomic E-state index is 11.4. The fraction of sp³-hybridized carbons (Fsp3) is 0.200. The molecule has 0 spiro atoms. The largest absolute Gasteiger partial charge is 0.293 e. The zero-order valence-electron chi connectivity index (χ0n) is 7.12. The van der Waals surface area contributed by atoms with Crippen molar-refractivity contribution in [3.8, 4) is 0 Å². The minimum atomic E-state index is -0.0457. The summed E-state index contributed by atoms with van der Waals surface area (Å²) in [5.74, 6) is 4.56. The second-order valence-electron chi connectivity index (χ2n) is 2.72. The highest BCUT2D eigenvalue weighted by atomic mass is 32.2. The lowest BCUT2D eigenvalue weighted by Crippen LogP contribution is -2.02. The first kappa shape index (κ1) is 9.20. The maximum Gasteiger partial charge on any atom is 0.172 e. The lowest BCUT2D eigenvalue weighted by molar-refractivity contribution is 0.102. The Hall–Kier alpha value is -0.890. The molecule has 12 heavy (non-hydrogen) atoms. The van der Waals surface area contributed by atoms with Crippen molar-refractivity contribution >= 4 is 22.1 Å². The van der Waals surface area contributed by atoms with Gasteiger partial charge in [-0.15, -0.1) is 0 Å². The monoisotopic (exact) mass is 180 g/mol. The third-order valence-corrected chi connectivity index (χ3v) is 2.23. The fourth-order valence-corrected chi connectivity index (χ4v) is 1.55. The quantitative estimate of drug-likeness (QED) is 0.515. The highest BCUT2D eigenvalue weighted by Gasteiger charge is 2.02. The van der Waals surface area contributed by atoms with E-state index in [1.807, 2.05) is 36.6 Å². The van der Waals surface area contributed by atoms with Crippen LogP contribution in [0.3, 0.4) is 0 Å². The van der Waals surface area contributed by atoms with Crippen LogP contribution in [0.5, 0.6) is 0 Å². The second-order valence-corrected chi connectivity index (χ2v) is 4.57. The average molecular weight is 180 g/mol. The van der Waals surface area contributed by atoms with Crippen LogP contribution < -0.4 is 0 Å². The molecule has 1 aromatic carbocycles. The molecule has 0 heterocycles. The minimum absolute atomic E-state index is 0.0457. The van der Waals surface area contributed by atoms with Crippen LogP contribution in [0.4, 0.5) is 0 Å². The van der Waals surface area contributed by atoms with Crippen molar-refractivity contribution in [3.05, 3.63) is 35.9 Å². The number of hydrogen-bond acceptors (Lipinski definition) is 1. The van der Waals surface area contributed by atoms with Crippen LogP contribution in [-0.2, 0) is 0 Å². The number of hydrogen-bond donors (Lipinski definition) is 0. The zero-order valence-corrected chi connectivity index (χ0v) is 7.93. The average Bonchev–Trinajstić information content (AvgIpc) is 2.05. The molecule has 0 saturated carbocycles. The summed E-state index contributed by atoms with van der Waals surface area (Å²) in [4.78, 5) is 11.4. The van der Waals surface area contributed by atoms with Gasteiger partial charge in [0.05, 0.1) is 5.75 Å². The predicted octanol–water partition coefficient (Wildman–Crippen LogP) is 2.20. The Bertz CT molecular complexity index is 290. The normalized spacial score (nSPS) is 12.4. The first-order valence-corrected chi connectivity index (χ1v) is 5.68. The summed E-state index contributed by atoms with van der Waals surface area (Å²) < 4.78 is 0. The first-order valence-electron chi connectivity index (χ1n) is 3.70. The summed E-state index contributed by atoms with van der Waals surface area (Å²) >= 11 is 0. The number of ketones is 1. The van der Waals surface area contributed by atoms with Crippen LogP contribution in [-0.4, -0.2) is 23.7 Å². The Kier molecular flexibility index (Phi) is 3.23. The molecule has 64 valence electrons. The van der Waals surface area contributed by atoms with E-state index in [0.717, 1.165) is 5.56 Å². The Morgan fingerprint density at radius 1 is 1.42 bits per heavy atom. The van der Waals surface area contributed by atoms with Gasteiger partial charge in [0.15, 0.2) is 5.78 Å². The van der Waals surface area contributed by atoms with Crippen molar-refractivity contribution < 1.29 is 4.79 Å². The summed E-state index contributed by atoms with van der Waals surface area (Å²) in [6, 6.07) is 9.35. The van der Waals surface area contributed by atoms with E-state index >= 15 is 0 Å². The number of benzene rings is 1. The maximum absolute atomic E-state index is 11.4. The SMILES string of the molecule is C=S(C)CC(=O)c1ccccc1. The van der Waals surface area contributed by atoms with Crippen LogP contribution in [0, 0.1) is 0 Å². The van der Waals surface area contributed by atoms with Gasteiger partial charge in [-0.3, -0.25) is 4.79 Å². The van der Waals surface area contributed by atoms with Crippen LogP contribution in [0.25, 0.3) is 0 Å². The molecule has 0 aliphatic carbocycles. The van der Waals surface area contributed by atoms with E-state index in [2.05, 4.69) is 5.87 Å². The van der Waals surface area contributed by atoms with Crippen molar-refractivity contribution in [2.24, 2.45) is 0 Å². The van der Waals surface area contributed by atoms with Crippen molar-refractivity contribution in [1.82, 2.24) is 0 Å². The van der Waals surface area contributed by atoms with Gasteiger partial charge >= 0.3 is 0 Å². The van der Waals surface area contributed by atoms with Crippen LogP contribution in [0.2, 0.25) is 0 Å². The zero-order chi connectivity index (χ0) is 8.97. The second kappa shape index (κ2) is 4.21. The smallest absolute Gasteiger partial charge is 0.172 e. The highest BCUT2D eigenvalue weighted by Crippen LogP contribution is 2.07. The van der Waals surface area contributed by atoms with Crippen molar-refractivity contribution in [3.63, 3.8) is 0 Å².